The van der Waals surface area contributed by atoms with Gasteiger partial charge in [-0.05, 0) is 19.3 Å². The summed E-state index contributed by atoms with van der Waals surface area (Å²) in [6, 6.07) is 0. The molecule has 20 heavy (non-hydrogen) atoms. The molecule has 1 heterocycles. The second kappa shape index (κ2) is 5.27. The van der Waals surface area contributed by atoms with E-state index >= 15 is 0 Å². The topological polar surface area (TPSA) is 68.0 Å². The minimum Gasteiger partial charge on any atom is -0.481 e. The summed E-state index contributed by atoms with van der Waals surface area (Å²) >= 11 is 0.775. The predicted octanol–water partition coefficient (Wildman–Crippen LogP) is 2.46. The van der Waals surface area contributed by atoms with Gasteiger partial charge in [0.15, 0.2) is 5.16 Å². The summed E-state index contributed by atoms with van der Waals surface area (Å²) in [7, 11) is 0. The Balaban J connectivity index is 2.38. The molecule has 0 radical (unpaired) electrons. The van der Waals surface area contributed by atoms with Crippen LogP contribution in [0.5, 0.6) is 0 Å². The van der Waals surface area contributed by atoms with Crippen LogP contribution in [0.25, 0.3) is 0 Å². The maximum absolute atomic E-state index is 13.3. The summed E-state index contributed by atoms with van der Waals surface area (Å²) in [5.74, 6) is -1.16. The number of aliphatic carboxylic acids is 1. The molecule has 1 N–H and O–H groups in total. The second-order valence-corrected chi connectivity index (χ2v) is 5.64. The molecule has 0 spiro atoms. The fraction of sp³-hybridized carbons (Fsp3) is 0.727. The number of hydrogen-bond donors (Lipinski definition) is 1. The van der Waals surface area contributed by atoms with E-state index in [4.69, 9.17) is 5.11 Å². The minimum absolute atomic E-state index is 0.00805. The number of nitrogens with zero attached hydrogens (tertiary/aromatic N) is 3. The average Bonchev–Trinajstić information content (AvgIpc) is 3.05. The summed E-state index contributed by atoms with van der Waals surface area (Å²) < 4.78 is 40.9. The number of carbonyl (C=O) groups is 1. The van der Waals surface area contributed by atoms with E-state index in [0.29, 0.717) is 12.8 Å². The Hall–Kier alpha value is -1.25. The molecule has 1 fully saturated rings. The quantitative estimate of drug-likeness (QED) is 0.818. The molecule has 1 aromatic rings. The number of halogens is 3. The molecule has 112 valence electrons. The van der Waals surface area contributed by atoms with E-state index in [1.807, 2.05) is 6.92 Å². The Morgan fingerprint density at radius 3 is 2.55 bits per heavy atom. The van der Waals surface area contributed by atoms with E-state index in [9.17, 15) is 18.0 Å². The fourth-order valence-corrected chi connectivity index (χ4v) is 2.85. The highest BCUT2D eigenvalue weighted by Gasteiger charge is 2.66. The number of alkyl halides is 3. The van der Waals surface area contributed by atoms with Crippen molar-refractivity contribution in [1.82, 2.24) is 14.8 Å². The van der Waals surface area contributed by atoms with E-state index in [1.165, 1.54) is 0 Å². The number of thioether (sulfide) groups is 1. The van der Waals surface area contributed by atoms with Crippen molar-refractivity contribution in [3.05, 3.63) is 5.82 Å². The Bertz CT molecular complexity index is 512. The van der Waals surface area contributed by atoms with Crippen LogP contribution in [-0.2, 0) is 16.8 Å². The number of aryl methyl sites for hydroxylation is 1. The monoisotopic (exact) mass is 309 g/mol. The summed E-state index contributed by atoms with van der Waals surface area (Å²) in [5.41, 5.74) is -1.94. The first kappa shape index (κ1) is 15.1. The highest BCUT2D eigenvalue weighted by molar-refractivity contribution is 7.99. The number of hydrogen-bond acceptors (Lipinski definition) is 4. The molecule has 5 nitrogen and oxygen atoms in total. The van der Waals surface area contributed by atoms with Gasteiger partial charge in [0.05, 0.1) is 5.75 Å². The Labute approximate surface area is 117 Å². The molecule has 1 saturated carbocycles. The smallest absolute Gasteiger partial charge is 0.412 e. The highest BCUT2D eigenvalue weighted by atomic mass is 32.2. The lowest BCUT2D eigenvalue weighted by Crippen LogP contribution is -2.36. The van der Waals surface area contributed by atoms with Crippen molar-refractivity contribution in [1.29, 1.82) is 0 Å². The zero-order valence-electron chi connectivity index (χ0n) is 10.8. The van der Waals surface area contributed by atoms with Crippen LogP contribution in [0.15, 0.2) is 5.16 Å². The molecule has 1 aromatic heterocycles. The standard InChI is InChI=1S/C11H14F3N3O2S/c1-2-3-7-15-16-9(20-6-8(18)19)17(7)10(4-5-10)11(12,13)14/h2-6H2,1H3,(H,18,19). The van der Waals surface area contributed by atoms with E-state index in [2.05, 4.69) is 10.2 Å². The zero-order chi connectivity index (χ0) is 15.0. The zero-order valence-corrected chi connectivity index (χ0v) is 11.6. The van der Waals surface area contributed by atoms with Crippen LogP contribution in [0.2, 0.25) is 0 Å². The Morgan fingerprint density at radius 2 is 2.10 bits per heavy atom. The molecule has 0 saturated heterocycles. The van der Waals surface area contributed by atoms with Crippen LogP contribution in [-0.4, -0.2) is 37.8 Å². The van der Waals surface area contributed by atoms with Gasteiger partial charge in [0.2, 0.25) is 0 Å². The van der Waals surface area contributed by atoms with Gasteiger partial charge in [0.25, 0.3) is 0 Å². The van der Waals surface area contributed by atoms with Gasteiger partial charge >= 0.3 is 12.1 Å². The molecule has 0 bridgehead atoms. The fourth-order valence-electron chi connectivity index (χ4n) is 2.09. The van der Waals surface area contributed by atoms with Crippen molar-refractivity contribution in [2.75, 3.05) is 5.75 Å². The largest absolute Gasteiger partial charge is 0.481 e. The number of aromatic nitrogens is 3. The summed E-state index contributed by atoms with van der Waals surface area (Å²) in [5, 5.41) is 16.2. The highest BCUT2D eigenvalue weighted by Crippen LogP contribution is 2.56. The Kier molecular flexibility index (Phi) is 3.99. The maximum Gasteiger partial charge on any atom is 0.412 e. The van der Waals surface area contributed by atoms with E-state index in [0.717, 1.165) is 16.3 Å². The van der Waals surface area contributed by atoms with Crippen LogP contribution < -0.4 is 0 Å². The van der Waals surface area contributed by atoms with Crippen molar-refractivity contribution in [3.63, 3.8) is 0 Å². The third kappa shape index (κ3) is 2.63. The second-order valence-electron chi connectivity index (χ2n) is 4.70. The number of rotatable bonds is 6. The van der Waals surface area contributed by atoms with Crippen molar-refractivity contribution in [3.8, 4) is 0 Å². The van der Waals surface area contributed by atoms with Gasteiger partial charge in [0.1, 0.15) is 11.4 Å². The van der Waals surface area contributed by atoms with E-state index in [1.54, 1.807) is 0 Å². The van der Waals surface area contributed by atoms with Crippen LogP contribution in [0.3, 0.4) is 0 Å². The molecular formula is C11H14F3N3O2S. The molecule has 1 aliphatic carbocycles. The maximum atomic E-state index is 13.3. The third-order valence-electron chi connectivity index (χ3n) is 3.18. The molecule has 1 aliphatic rings. The van der Waals surface area contributed by atoms with Gasteiger partial charge in [-0.1, -0.05) is 18.7 Å². The molecule has 0 unspecified atom stereocenters. The molecular weight excluding hydrogens is 295 g/mol. The number of carboxylic acids is 1. The van der Waals surface area contributed by atoms with Crippen LogP contribution in [0.4, 0.5) is 13.2 Å². The lowest BCUT2D eigenvalue weighted by molar-refractivity contribution is -0.182. The molecule has 2 rings (SSSR count). The first-order valence-corrected chi connectivity index (χ1v) is 7.16. The third-order valence-corrected chi connectivity index (χ3v) is 4.09. The SMILES string of the molecule is CCCc1nnc(SCC(=O)O)n1C1(C(F)(F)F)CC1. The normalized spacial score (nSPS) is 17.2. The molecule has 0 aromatic carbocycles. The van der Waals surface area contributed by atoms with Gasteiger partial charge in [-0.3, -0.25) is 9.36 Å². The van der Waals surface area contributed by atoms with E-state index in [-0.39, 0.29) is 29.6 Å². The average molecular weight is 309 g/mol. The van der Waals surface area contributed by atoms with Gasteiger partial charge in [0, 0.05) is 6.42 Å². The van der Waals surface area contributed by atoms with Crippen LogP contribution >= 0.6 is 11.8 Å². The lowest BCUT2D eigenvalue weighted by Gasteiger charge is -2.23. The summed E-state index contributed by atoms with van der Waals surface area (Å²) in [4.78, 5) is 10.6. The van der Waals surface area contributed by atoms with Crippen molar-refractivity contribution in [2.24, 2.45) is 0 Å². The van der Waals surface area contributed by atoms with Gasteiger partial charge in [-0.2, -0.15) is 13.2 Å². The lowest BCUT2D eigenvalue weighted by atomic mass is 10.2. The van der Waals surface area contributed by atoms with Gasteiger partial charge in [-0.25, -0.2) is 0 Å². The van der Waals surface area contributed by atoms with Crippen molar-refractivity contribution < 1.29 is 23.1 Å². The molecule has 9 heteroatoms. The number of carboxylic acid groups (broad SMARTS) is 1. The first-order valence-electron chi connectivity index (χ1n) is 6.18. The van der Waals surface area contributed by atoms with Gasteiger partial charge < -0.3 is 5.11 Å². The Morgan fingerprint density at radius 1 is 1.45 bits per heavy atom. The summed E-state index contributed by atoms with van der Waals surface area (Å²) in [6.45, 7) is 1.84. The summed E-state index contributed by atoms with van der Waals surface area (Å²) in [6.07, 6.45) is -3.36. The van der Waals surface area contributed by atoms with Crippen molar-refractivity contribution >= 4 is 17.7 Å². The molecule has 0 atom stereocenters. The minimum atomic E-state index is -4.38. The van der Waals surface area contributed by atoms with Crippen LogP contribution in [0.1, 0.15) is 32.0 Å². The molecule has 0 amide bonds. The molecule has 0 aliphatic heterocycles. The van der Waals surface area contributed by atoms with Gasteiger partial charge in [-0.15, -0.1) is 10.2 Å². The predicted molar refractivity (Wildman–Crippen MR) is 65.6 cm³/mol. The van der Waals surface area contributed by atoms with Crippen molar-refractivity contribution in [2.45, 2.75) is 49.5 Å². The van der Waals surface area contributed by atoms with Crippen LogP contribution in [0, 0.1) is 0 Å². The van der Waals surface area contributed by atoms with E-state index < -0.39 is 17.7 Å². The first-order chi connectivity index (χ1) is 9.32.